The molecule has 0 spiro atoms. The smallest absolute Gasteiger partial charge is 0.310 e. The molecule has 0 N–H and O–H groups in total. The Hall–Kier alpha value is -1.32. The summed E-state index contributed by atoms with van der Waals surface area (Å²) in [6.45, 7) is 3.36. The van der Waals surface area contributed by atoms with Gasteiger partial charge in [-0.15, -0.1) is 0 Å². The predicted molar refractivity (Wildman–Crippen MR) is 34.8 cm³/mol. The molecule has 0 radical (unpaired) electrons. The van der Waals surface area contributed by atoms with Crippen molar-refractivity contribution in [1.82, 2.24) is 0 Å². The molecule has 0 saturated carbocycles. The predicted octanol–water partition coefficient (Wildman–Crippen LogP) is 1.80. The Kier molecular flexibility index (Phi) is 1.45. The van der Waals surface area contributed by atoms with E-state index in [-0.39, 0.29) is 5.69 Å². The molecule has 0 saturated heterocycles. The average Bonchev–Trinajstić information content (AvgIpc) is 2.14. The summed E-state index contributed by atoms with van der Waals surface area (Å²) < 4.78 is 4.81. The van der Waals surface area contributed by atoms with Crippen molar-refractivity contribution in [3.8, 4) is 0 Å². The van der Waals surface area contributed by atoms with Crippen LogP contribution in [0.4, 0.5) is 5.69 Å². The molecule has 0 bridgehead atoms. The maximum Gasteiger partial charge on any atom is 0.310 e. The van der Waals surface area contributed by atoms with E-state index in [0.717, 1.165) is 6.26 Å². The van der Waals surface area contributed by atoms with Crippen molar-refractivity contribution in [3.63, 3.8) is 0 Å². The van der Waals surface area contributed by atoms with Gasteiger partial charge in [0.25, 0.3) is 0 Å². The fraction of sp³-hybridized carbons (Fsp3) is 0.333. The van der Waals surface area contributed by atoms with Crippen LogP contribution in [0.25, 0.3) is 0 Å². The summed E-state index contributed by atoms with van der Waals surface area (Å²) in [7, 11) is 0. The Labute approximate surface area is 57.6 Å². The Morgan fingerprint density at radius 1 is 1.60 bits per heavy atom. The van der Waals surface area contributed by atoms with Gasteiger partial charge in [-0.3, -0.25) is 10.1 Å². The number of nitro groups is 1. The first-order chi connectivity index (χ1) is 4.63. The maximum atomic E-state index is 10.2. The number of hydrogen-bond donors (Lipinski definition) is 0. The van der Waals surface area contributed by atoms with E-state index in [1.54, 1.807) is 13.8 Å². The minimum absolute atomic E-state index is 0.0532. The molecule has 0 fully saturated rings. The van der Waals surface area contributed by atoms with Gasteiger partial charge in [-0.2, -0.15) is 0 Å². The lowest BCUT2D eigenvalue weighted by Gasteiger charge is -1.84. The lowest BCUT2D eigenvalue weighted by atomic mass is 10.3. The van der Waals surface area contributed by atoms with Crippen molar-refractivity contribution < 1.29 is 9.34 Å². The van der Waals surface area contributed by atoms with Gasteiger partial charge in [0, 0.05) is 0 Å². The second kappa shape index (κ2) is 2.13. The van der Waals surface area contributed by atoms with E-state index in [2.05, 4.69) is 0 Å². The number of aryl methyl sites for hydroxylation is 1. The minimum atomic E-state index is -0.453. The molecule has 0 amide bonds. The van der Waals surface area contributed by atoms with Gasteiger partial charge in [0.05, 0.1) is 10.5 Å². The zero-order chi connectivity index (χ0) is 7.72. The third-order valence-electron chi connectivity index (χ3n) is 1.46. The molecular formula is C6H7NO3. The van der Waals surface area contributed by atoms with Crippen LogP contribution in [-0.4, -0.2) is 4.92 Å². The SMILES string of the molecule is Cc1occ([N+](=O)[O-])c1C. The molecule has 1 heterocycles. The number of nitrogens with zero attached hydrogens (tertiary/aromatic N) is 1. The highest BCUT2D eigenvalue weighted by atomic mass is 16.6. The standard InChI is InChI=1S/C6H7NO3/c1-4-5(2)10-3-6(4)7(8)9/h3H,1-2H3. The molecule has 4 nitrogen and oxygen atoms in total. The highest BCUT2D eigenvalue weighted by Crippen LogP contribution is 2.21. The summed E-state index contributed by atoms with van der Waals surface area (Å²) >= 11 is 0. The van der Waals surface area contributed by atoms with Gasteiger partial charge in [-0.1, -0.05) is 0 Å². The third-order valence-corrected chi connectivity index (χ3v) is 1.46. The topological polar surface area (TPSA) is 56.3 Å². The van der Waals surface area contributed by atoms with Gasteiger partial charge in [0.1, 0.15) is 5.76 Å². The molecule has 0 aromatic carbocycles. The monoisotopic (exact) mass is 141 g/mol. The molecule has 10 heavy (non-hydrogen) atoms. The van der Waals surface area contributed by atoms with E-state index in [1.807, 2.05) is 0 Å². The summed E-state index contributed by atoms with van der Waals surface area (Å²) in [5.41, 5.74) is 0.655. The van der Waals surface area contributed by atoms with Crippen molar-refractivity contribution in [2.45, 2.75) is 13.8 Å². The summed E-state index contributed by atoms with van der Waals surface area (Å²) in [4.78, 5) is 9.73. The molecule has 54 valence electrons. The van der Waals surface area contributed by atoms with Gasteiger partial charge < -0.3 is 4.42 Å². The largest absolute Gasteiger partial charge is 0.462 e. The van der Waals surface area contributed by atoms with Crippen LogP contribution in [0.3, 0.4) is 0 Å². The molecule has 0 aliphatic carbocycles. The van der Waals surface area contributed by atoms with Crippen molar-refractivity contribution in [2.24, 2.45) is 0 Å². The molecular weight excluding hydrogens is 134 g/mol. The van der Waals surface area contributed by atoms with Crippen molar-refractivity contribution in [3.05, 3.63) is 27.7 Å². The second-order valence-electron chi connectivity index (χ2n) is 2.06. The van der Waals surface area contributed by atoms with Crippen LogP contribution >= 0.6 is 0 Å². The van der Waals surface area contributed by atoms with Crippen molar-refractivity contribution in [1.29, 1.82) is 0 Å². The maximum absolute atomic E-state index is 10.2. The van der Waals surface area contributed by atoms with Crippen LogP contribution in [0, 0.1) is 24.0 Å². The van der Waals surface area contributed by atoms with Crippen LogP contribution < -0.4 is 0 Å². The molecule has 1 aromatic rings. The molecule has 0 aliphatic rings. The minimum Gasteiger partial charge on any atom is -0.462 e. The molecule has 0 atom stereocenters. The van der Waals surface area contributed by atoms with E-state index >= 15 is 0 Å². The van der Waals surface area contributed by atoms with Crippen LogP contribution in [0.2, 0.25) is 0 Å². The van der Waals surface area contributed by atoms with E-state index in [4.69, 9.17) is 4.42 Å². The lowest BCUT2D eigenvalue weighted by Crippen LogP contribution is -1.86. The van der Waals surface area contributed by atoms with Crippen LogP contribution in [0.1, 0.15) is 11.3 Å². The Morgan fingerprint density at radius 3 is 2.40 bits per heavy atom. The normalized spacial score (nSPS) is 9.80. The van der Waals surface area contributed by atoms with Gasteiger partial charge in [0.2, 0.25) is 0 Å². The first kappa shape index (κ1) is 6.80. The van der Waals surface area contributed by atoms with Crippen LogP contribution in [-0.2, 0) is 0 Å². The van der Waals surface area contributed by atoms with E-state index in [0.29, 0.717) is 11.3 Å². The van der Waals surface area contributed by atoms with Gasteiger partial charge in [0.15, 0.2) is 6.26 Å². The Bertz CT molecular complexity index is 264. The fourth-order valence-corrected chi connectivity index (χ4v) is 0.681. The highest BCUT2D eigenvalue weighted by Gasteiger charge is 2.14. The Balaban J connectivity index is 3.17. The second-order valence-corrected chi connectivity index (χ2v) is 2.06. The first-order valence-electron chi connectivity index (χ1n) is 2.82. The highest BCUT2D eigenvalue weighted by molar-refractivity contribution is 5.38. The van der Waals surface area contributed by atoms with Crippen LogP contribution in [0.15, 0.2) is 10.7 Å². The number of hydrogen-bond acceptors (Lipinski definition) is 3. The zero-order valence-electron chi connectivity index (χ0n) is 5.75. The van der Waals surface area contributed by atoms with Gasteiger partial charge in [-0.05, 0) is 13.8 Å². The van der Waals surface area contributed by atoms with Crippen molar-refractivity contribution >= 4 is 5.69 Å². The summed E-state index contributed by atoms with van der Waals surface area (Å²) in [6, 6.07) is 0. The van der Waals surface area contributed by atoms with E-state index in [9.17, 15) is 10.1 Å². The summed E-state index contributed by atoms with van der Waals surface area (Å²) in [5.74, 6) is 0.603. The molecule has 0 unspecified atom stereocenters. The van der Waals surface area contributed by atoms with E-state index < -0.39 is 4.92 Å². The quantitative estimate of drug-likeness (QED) is 0.442. The summed E-state index contributed by atoms with van der Waals surface area (Å²) in [5, 5.41) is 10.2. The van der Waals surface area contributed by atoms with E-state index in [1.165, 1.54) is 0 Å². The molecule has 1 aromatic heterocycles. The number of rotatable bonds is 1. The fourth-order valence-electron chi connectivity index (χ4n) is 0.681. The zero-order valence-corrected chi connectivity index (χ0v) is 5.75. The molecule has 4 heteroatoms. The first-order valence-corrected chi connectivity index (χ1v) is 2.82. The third kappa shape index (κ3) is 0.877. The lowest BCUT2D eigenvalue weighted by molar-refractivity contribution is -0.385. The molecule has 1 rings (SSSR count). The average molecular weight is 141 g/mol. The summed E-state index contributed by atoms with van der Waals surface area (Å²) in [6.07, 6.45) is 1.16. The van der Waals surface area contributed by atoms with Crippen molar-refractivity contribution in [2.75, 3.05) is 0 Å². The van der Waals surface area contributed by atoms with Gasteiger partial charge >= 0.3 is 5.69 Å². The van der Waals surface area contributed by atoms with Crippen LogP contribution in [0.5, 0.6) is 0 Å². The molecule has 0 aliphatic heterocycles. The van der Waals surface area contributed by atoms with Gasteiger partial charge in [-0.25, -0.2) is 0 Å². The number of furan rings is 1. The Morgan fingerprint density at radius 2 is 2.20 bits per heavy atom.